The number of carbonyl (C=O) groups is 1. The van der Waals surface area contributed by atoms with Crippen LogP contribution in [0.4, 0.5) is 15.8 Å². The summed E-state index contributed by atoms with van der Waals surface area (Å²) < 4.78 is 13.0. The quantitative estimate of drug-likeness (QED) is 0.681. The van der Waals surface area contributed by atoms with Crippen molar-refractivity contribution in [2.75, 3.05) is 12.8 Å². The number of nitrogens with two attached hydrogens (primary N) is 1. The van der Waals surface area contributed by atoms with E-state index in [9.17, 15) is 14.1 Å². The highest BCUT2D eigenvalue weighted by molar-refractivity contribution is 5.96. The van der Waals surface area contributed by atoms with E-state index in [0.717, 1.165) is 0 Å². The van der Waals surface area contributed by atoms with Gasteiger partial charge in [-0.15, -0.1) is 4.91 Å². The molecule has 1 aliphatic carbocycles. The summed E-state index contributed by atoms with van der Waals surface area (Å²) in [4.78, 5) is 24.5. The van der Waals surface area contributed by atoms with E-state index in [1.165, 1.54) is 18.2 Å². The van der Waals surface area contributed by atoms with Crippen molar-refractivity contribution >= 4 is 17.3 Å². The fourth-order valence-corrected chi connectivity index (χ4v) is 2.27. The summed E-state index contributed by atoms with van der Waals surface area (Å²) in [6, 6.07) is 4.38. The van der Waals surface area contributed by atoms with E-state index >= 15 is 0 Å². The summed E-state index contributed by atoms with van der Waals surface area (Å²) in [5, 5.41) is 2.79. The fraction of sp³-hybridized carbons (Fsp3) is 0.357. The molecule has 2 N–H and O–H groups in total. The fourth-order valence-electron chi connectivity index (χ4n) is 2.27. The second-order valence-corrected chi connectivity index (χ2v) is 4.86. The summed E-state index contributed by atoms with van der Waals surface area (Å²) in [5.74, 6) is -0.349. The van der Waals surface area contributed by atoms with Crippen LogP contribution in [0.1, 0.15) is 29.6 Å². The van der Waals surface area contributed by atoms with Crippen LogP contribution in [0, 0.1) is 4.91 Å². The number of hydrogen-bond donors (Lipinski definition) is 1. The van der Waals surface area contributed by atoms with Crippen molar-refractivity contribution in [1.29, 1.82) is 0 Å². The van der Waals surface area contributed by atoms with Gasteiger partial charge in [0.05, 0.1) is 11.5 Å². The largest absolute Gasteiger partial charge is 0.397 e. The van der Waals surface area contributed by atoms with Gasteiger partial charge in [-0.05, 0) is 36.2 Å². The monoisotopic (exact) mass is 277 g/mol. The summed E-state index contributed by atoms with van der Waals surface area (Å²) in [5.41, 5.74) is 6.21. The molecule has 0 heterocycles. The van der Waals surface area contributed by atoms with Crippen LogP contribution in [0.5, 0.6) is 0 Å². The molecule has 1 aliphatic rings. The van der Waals surface area contributed by atoms with E-state index in [1.54, 1.807) is 18.0 Å². The van der Waals surface area contributed by atoms with Crippen molar-refractivity contribution in [3.05, 3.63) is 40.6 Å². The van der Waals surface area contributed by atoms with Crippen LogP contribution in [0.25, 0.3) is 0 Å². The van der Waals surface area contributed by atoms with Crippen molar-refractivity contribution < 1.29 is 9.18 Å². The molecule has 1 atom stereocenters. The third-order valence-corrected chi connectivity index (χ3v) is 3.57. The Morgan fingerprint density at radius 1 is 1.50 bits per heavy atom. The normalized spacial score (nSPS) is 18.3. The van der Waals surface area contributed by atoms with Gasteiger partial charge in [0.15, 0.2) is 0 Å². The van der Waals surface area contributed by atoms with Gasteiger partial charge in [-0.3, -0.25) is 4.79 Å². The molecule has 2 rings (SSSR count). The first-order valence-electron chi connectivity index (χ1n) is 6.37. The van der Waals surface area contributed by atoms with Crippen LogP contribution in [-0.2, 0) is 0 Å². The van der Waals surface area contributed by atoms with Gasteiger partial charge < -0.3 is 10.6 Å². The molecule has 106 valence electrons. The summed E-state index contributed by atoms with van der Waals surface area (Å²) >= 11 is 0. The van der Waals surface area contributed by atoms with Crippen molar-refractivity contribution in [3.8, 4) is 0 Å². The molecule has 6 heteroatoms. The van der Waals surface area contributed by atoms with Gasteiger partial charge >= 0.3 is 0 Å². The van der Waals surface area contributed by atoms with Crippen LogP contribution in [0.2, 0.25) is 0 Å². The van der Waals surface area contributed by atoms with Gasteiger partial charge in [-0.1, -0.05) is 6.08 Å². The predicted octanol–water partition coefficient (Wildman–Crippen LogP) is 3.14. The number of benzene rings is 1. The van der Waals surface area contributed by atoms with E-state index in [1.807, 2.05) is 0 Å². The molecule has 0 spiro atoms. The Labute approximate surface area is 116 Å². The Balaban J connectivity index is 2.16. The predicted molar refractivity (Wildman–Crippen MR) is 75.2 cm³/mol. The van der Waals surface area contributed by atoms with E-state index in [2.05, 4.69) is 5.18 Å². The lowest BCUT2D eigenvalue weighted by Crippen LogP contribution is -2.37. The molecule has 0 bridgehead atoms. The first-order valence-corrected chi connectivity index (χ1v) is 6.37. The number of amides is 1. The highest BCUT2D eigenvalue weighted by Gasteiger charge is 2.23. The van der Waals surface area contributed by atoms with Gasteiger partial charge in [0.1, 0.15) is 5.69 Å². The average molecular weight is 277 g/mol. The molecule has 0 aliphatic heterocycles. The maximum Gasteiger partial charge on any atom is 0.253 e. The highest BCUT2D eigenvalue weighted by Crippen LogP contribution is 2.26. The maximum absolute atomic E-state index is 13.0. The molecule has 5 nitrogen and oxygen atoms in total. The molecule has 0 radical (unpaired) electrons. The Morgan fingerprint density at radius 2 is 2.25 bits per heavy atom. The average Bonchev–Trinajstić information content (AvgIpc) is 2.47. The molecular weight excluding hydrogens is 261 g/mol. The zero-order chi connectivity index (χ0) is 14.7. The van der Waals surface area contributed by atoms with Crippen molar-refractivity contribution in [1.82, 2.24) is 4.90 Å². The van der Waals surface area contributed by atoms with Gasteiger partial charge in [0.25, 0.3) is 5.91 Å². The molecule has 0 saturated heterocycles. The maximum atomic E-state index is 13.0. The summed E-state index contributed by atoms with van der Waals surface area (Å²) in [7, 11) is 1.68. The molecule has 20 heavy (non-hydrogen) atoms. The zero-order valence-corrected chi connectivity index (χ0v) is 11.2. The molecule has 1 amide bonds. The first-order chi connectivity index (χ1) is 9.52. The highest BCUT2D eigenvalue weighted by atomic mass is 19.1. The number of halogens is 1. The Morgan fingerprint density at radius 3 is 2.85 bits per heavy atom. The topological polar surface area (TPSA) is 75.8 Å². The molecule has 0 saturated carbocycles. The van der Waals surface area contributed by atoms with Crippen LogP contribution in [-0.4, -0.2) is 23.9 Å². The van der Waals surface area contributed by atoms with Crippen molar-refractivity contribution in [3.63, 3.8) is 0 Å². The number of carbonyl (C=O) groups excluding carboxylic acids is 1. The smallest absolute Gasteiger partial charge is 0.253 e. The molecule has 1 aromatic carbocycles. The minimum Gasteiger partial charge on any atom is -0.397 e. The molecular formula is C14H16FN3O2. The van der Waals surface area contributed by atoms with Crippen LogP contribution in [0.3, 0.4) is 0 Å². The summed E-state index contributed by atoms with van der Waals surface area (Å²) in [6.45, 7) is 0. The summed E-state index contributed by atoms with van der Waals surface area (Å²) in [6.07, 6.45) is 2.96. The lowest BCUT2D eigenvalue weighted by Gasteiger charge is -2.29. The first kappa shape index (κ1) is 14.2. The van der Waals surface area contributed by atoms with Crippen molar-refractivity contribution in [2.45, 2.75) is 25.3 Å². The van der Waals surface area contributed by atoms with Crippen molar-refractivity contribution in [2.24, 2.45) is 5.18 Å². The number of nitrogens with zero attached hydrogens (tertiary/aromatic N) is 2. The second-order valence-electron chi connectivity index (χ2n) is 4.86. The Kier molecular flexibility index (Phi) is 4.12. The van der Waals surface area contributed by atoms with Gasteiger partial charge in [-0.2, -0.15) is 0 Å². The van der Waals surface area contributed by atoms with Gasteiger partial charge in [-0.25, -0.2) is 4.39 Å². The van der Waals surface area contributed by atoms with Gasteiger partial charge in [0, 0.05) is 25.1 Å². The molecule has 1 unspecified atom stereocenters. The molecule has 0 fully saturated rings. The van der Waals surface area contributed by atoms with Crippen LogP contribution < -0.4 is 5.73 Å². The minimum atomic E-state index is -0.226. The van der Waals surface area contributed by atoms with Crippen LogP contribution in [0.15, 0.2) is 35.3 Å². The number of anilines is 1. The lowest BCUT2D eigenvalue weighted by atomic mass is 9.99. The SMILES string of the molecule is CN(C(=O)c1ccc(N)c(N=O)c1)C1CC=C(F)CC1. The zero-order valence-electron chi connectivity index (χ0n) is 11.2. The number of rotatable bonds is 3. The van der Waals surface area contributed by atoms with Crippen LogP contribution >= 0.6 is 0 Å². The minimum absolute atomic E-state index is 0.0350. The molecule has 1 aromatic rings. The molecule has 0 aromatic heterocycles. The second kappa shape index (κ2) is 5.81. The van der Waals surface area contributed by atoms with E-state index in [4.69, 9.17) is 5.73 Å². The third-order valence-electron chi connectivity index (χ3n) is 3.57. The van der Waals surface area contributed by atoms with E-state index in [0.29, 0.717) is 24.8 Å². The Bertz CT molecular complexity index is 572. The number of nitroso groups, excluding NO2 is 1. The number of nitrogen functional groups attached to an aromatic ring is 1. The van der Waals surface area contributed by atoms with Gasteiger partial charge in [0.2, 0.25) is 0 Å². The Hall–Kier alpha value is -2.24. The number of allylic oxidation sites excluding steroid dienone is 1. The number of hydrogen-bond acceptors (Lipinski definition) is 4. The van der Waals surface area contributed by atoms with E-state index < -0.39 is 0 Å². The standard InChI is InChI=1S/C14H16FN3O2/c1-18(11-5-3-10(15)4-6-11)14(19)9-2-7-12(16)13(8-9)17-20/h2-3,7-8,11H,4-6,16H2,1H3. The van der Waals surface area contributed by atoms with E-state index in [-0.39, 0.29) is 29.2 Å². The third kappa shape index (κ3) is 2.84. The lowest BCUT2D eigenvalue weighted by molar-refractivity contribution is 0.0719.